The first kappa shape index (κ1) is 20.8. The number of carbonyl (C=O) groups excluding carboxylic acids is 2. The van der Waals surface area contributed by atoms with Crippen LogP contribution in [0.15, 0.2) is 30.3 Å². The number of quaternary nitrogens is 1. The molecule has 9 heteroatoms. The van der Waals surface area contributed by atoms with E-state index in [4.69, 9.17) is 10.5 Å². The van der Waals surface area contributed by atoms with Gasteiger partial charge < -0.3 is 15.0 Å². The number of hydrogen-bond donors (Lipinski definition) is 2. The molecule has 0 aliphatic heterocycles. The van der Waals surface area contributed by atoms with E-state index in [1.807, 2.05) is 21.1 Å². The van der Waals surface area contributed by atoms with Crippen LogP contribution in [0.1, 0.15) is 31.8 Å². The van der Waals surface area contributed by atoms with E-state index in [0.29, 0.717) is 17.6 Å². The molecule has 1 aliphatic carbocycles. The highest BCUT2D eigenvalue weighted by molar-refractivity contribution is 7.92. The van der Waals surface area contributed by atoms with Gasteiger partial charge >= 0.3 is 0 Å². The summed E-state index contributed by atoms with van der Waals surface area (Å²) in [6.07, 6.45) is 0.969. The summed E-state index contributed by atoms with van der Waals surface area (Å²) in [4.78, 5) is 26.2. The average Bonchev–Trinajstić information content (AvgIpc) is 2.59. The van der Waals surface area contributed by atoms with E-state index in [9.17, 15) is 18.0 Å². The molecule has 3 N–H and O–H groups in total. The summed E-state index contributed by atoms with van der Waals surface area (Å²) in [6.45, 7) is 0.949. The third-order valence-corrected chi connectivity index (χ3v) is 5.11. The van der Waals surface area contributed by atoms with Gasteiger partial charge in [0.15, 0.2) is 11.6 Å². The maximum atomic E-state index is 13.1. The molecule has 1 aliphatic rings. The summed E-state index contributed by atoms with van der Waals surface area (Å²) < 4.78 is 32.5. The summed E-state index contributed by atoms with van der Waals surface area (Å²) >= 11 is 0. The van der Waals surface area contributed by atoms with Crippen LogP contribution in [0.3, 0.4) is 0 Å². The van der Waals surface area contributed by atoms with Gasteiger partial charge in [-0.1, -0.05) is 24.3 Å². The van der Waals surface area contributed by atoms with Gasteiger partial charge in [0, 0.05) is 17.2 Å². The highest BCUT2D eigenvalue weighted by Crippen LogP contribution is 2.40. The number of nitrogens with two attached hydrogens (primary N) is 1. The number of ether oxygens (including phenoxy) is 1. The number of nitrogens with zero attached hydrogens (tertiary/aromatic N) is 1. The molecular weight excluding hydrogens is 394 g/mol. The van der Waals surface area contributed by atoms with Crippen molar-refractivity contribution in [3.05, 3.63) is 52.6 Å². The van der Waals surface area contributed by atoms with Crippen LogP contribution in [0.4, 0.5) is 11.4 Å². The predicted molar refractivity (Wildman–Crippen MR) is 111 cm³/mol. The first-order valence-corrected chi connectivity index (χ1v) is 10.8. The fraction of sp³-hybridized carbons (Fsp3) is 0.300. The third-order valence-electron chi connectivity index (χ3n) is 4.52. The summed E-state index contributed by atoms with van der Waals surface area (Å²) in [7, 11) is 2.27. The number of carbonyl (C=O) groups is 2. The van der Waals surface area contributed by atoms with E-state index in [0.717, 1.165) is 6.26 Å². The maximum absolute atomic E-state index is 13.1. The zero-order valence-corrected chi connectivity index (χ0v) is 17.6. The minimum absolute atomic E-state index is 0.0216. The van der Waals surface area contributed by atoms with Crippen molar-refractivity contribution in [2.24, 2.45) is 0 Å². The molecule has 0 spiro atoms. The second-order valence-corrected chi connectivity index (χ2v) is 9.77. The number of sulfonamides is 1. The Hall–Kier alpha value is -2.91. The van der Waals surface area contributed by atoms with Crippen LogP contribution in [-0.2, 0) is 10.0 Å². The van der Waals surface area contributed by atoms with E-state index < -0.39 is 21.6 Å². The lowest BCUT2D eigenvalue weighted by Crippen LogP contribution is -2.38. The van der Waals surface area contributed by atoms with Crippen LogP contribution in [0.5, 0.6) is 5.75 Å². The van der Waals surface area contributed by atoms with Gasteiger partial charge in [0.25, 0.3) is 0 Å². The second kappa shape index (κ2) is 7.16. The van der Waals surface area contributed by atoms with Gasteiger partial charge in [0.2, 0.25) is 10.0 Å². The first-order valence-electron chi connectivity index (χ1n) is 8.95. The number of nitrogens with one attached hydrogen (secondary N) is 1. The van der Waals surface area contributed by atoms with Gasteiger partial charge in [-0.2, -0.15) is 0 Å². The largest absolute Gasteiger partial charge is 0.485 e. The molecule has 2 aromatic carbocycles. The number of rotatable bonds is 6. The van der Waals surface area contributed by atoms with E-state index >= 15 is 0 Å². The van der Waals surface area contributed by atoms with Crippen LogP contribution in [0.25, 0.3) is 0 Å². The maximum Gasteiger partial charge on any atom is 0.229 e. The topological polar surface area (TPSA) is 116 Å². The van der Waals surface area contributed by atoms with Crippen LogP contribution in [0.2, 0.25) is 0 Å². The normalized spacial score (nSPS) is 13.7. The molecule has 154 valence electrons. The van der Waals surface area contributed by atoms with Crippen molar-refractivity contribution < 1.29 is 27.2 Å². The lowest BCUT2D eigenvalue weighted by atomic mass is 9.82. The highest BCUT2D eigenvalue weighted by Gasteiger charge is 2.35. The van der Waals surface area contributed by atoms with Crippen LogP contribution >= 0.6 is 0 Å². The van der Waals surface area contributed by atoms with Crippen molar-refractivity contribution >= 4 is 33.0 Å². The highest BCUT2D eigenvalue weighted by atomic mass is 32.2. The monoisotopic (exact) mass is 418 g/mol. The molecule has 29 heavy (non-hydrogen) atoms. The van der Waals surface area contributed by atoms with E-state index in [2.05, 4.69) is 4.72 Å². The Morgan fingerprint density at radius 2 is 1.59 bits per heavy atom. The fourth-order valence-corrected chi connectivity index (χ4v) is 3.68. The molecule has 0 aromatic heterocycles. The van der Waals surface area contributed by atoms with Gasteiger partial charge in [-0.25, -0.2) is 8.42 Å². The molecule has 0 radical (unpaired) electrons. The van der Waals surface area contributed by atoms with E-state index in [-0.39, 0.29) is 39.4 Å². The molecule has 0 saturated heterocycles. The SMILES string of the molecule is C[N+](C)(C)CCOc1cc(NS(C)(=O)=O)c2c(c1N)C(=O)c1ccccc1C2=O. The Balaban J connectivity index is 2.17. The summed E-state index contributed by atoms with van der Waals surface area (Å²) in [5, 5.41) is 0. The number of likely N-dealkylation sites (N-methyl/N-ethyl adjacent to an activating group) is 1. The van der Waals surface area contributed by atoms with E-state index in [1.165, 1.54) is 12.1 Å². The second-order valence-electron chi connectivity index (χ2n) is 8.03. The first-order chi connectivity index (χ1) is 13.4. The smallest absolute Gasteiger partial charge is 0.229 e. The van der Waals surface area contributed by atoms with Crippen molar-refractivity contribution in [2.45, 2.75) is 0 Å². The van der Waals surface area contributed by atoms with Crippen molar-refractivity contribution in [3.63, 3.8) is 0 Å². The minimum Gasteiger partial charge on any atom is -0.485 e. The summed E-state index contributed by atoms with van der Waals surface area (Å²) in [5.74, 6) is -0.754. The van der Waals surface area contributed by atoms with Crippen LogP contribution in [-0.4, -0.2) is 65.0 Å². The number of ketones is 2. The zero-order valence-electron chi connectivity index (χ0n) is 16.8. The number of fused-ring (bicyclic) bond motifs is 2. The predicted octanol–water partition coefficient (Wildman–Crippen LogP) is 1.50. The lowest BCUT2D eigenvalue weighted by Gasteiger charge is -2.26. The van der Waals surface area contributed by atoms with Crippen LogP contribution < -0.4 is 15.2 Å². The fourth-order valence-electron chi connectivity index (χ4n) is 3.12. The molecule has 0 heterocycles. The van der Waals surface area contributed by atoms with Crippen molar-refractivity contribution in [3.8, 4) is 5.75 Å². The van der Waals surface area contributed by atoms with Crippen LogP contribution in [0, 0.1) is 0 Å². The molecule has 0 bridgehead atoms. The molecule has 8 nitrogen and oxygen atoms in total. The quantitative estimate of drug-likeness (QED) is 0.463. The molecule has 0 amide bonds. The number of anilines is 2. The molecule has 0 saturated carbocycles. The Bertz CT molecular complexity index is 1120. The van der Waals surface area contributed by atoms with Gasteiger partial charge in [-0.15, -0.1) is 0 Å². The van der Waals surface area contributed by atoms with Gasteiger partial charge in [0.1, 0.15) is 18.9 Å². The van der Waals surface area contributed by atoms with E-state index in [1.54, 1.807) is 18.2 Å². The Morgan fingerprint density at radius 3 is 2.10 bits per heavy atom. The number of hydrogen-bond acceptors (Lipinski definition) is 6. The number of benzene rings is 2. The van der Waals surface area contributed by atoms with Crippen molar-refractivity contribution in [1.82, 2.24) is 0 Å². The summed E-state index contributed by atoms with van der Waals surface area (Å²) in [6, 6.07) is 7.74. The standard InChI is InChI=1S/C20H23N3O5S/c1-23(2,3)9-10-28-15-11-14(22-29(4,26)27)16-17(18(15)21)20(25)13-8-6-5-7-12(13)19(16)24/h5-8,11H,9-10H2,1-4H3,(H2-,21,22,24,25)/p+1. The third kappa shape index (κ3) is 4.25. The molecule has 0 atom stereocenters. The minimum atomic E-state index is -3.72. The Labute approximate surface area is 169 Å². The van der Waals surface area contributed by atoms with Gasteiger partial charge in [-0.05, 0) is 0 Å². The van der Waals surface area contributed by atoms with Crippen molar-refractivity contribution in [2.75, 3.05) is 51.0 Å². The van der Waals surface area contributed by atoms with Gasteiger partial charge in [0.05, 0.1) is 49.9 Å². The number of nitrogen functional groups attached to an aromatic ring is 1. The summed E-state index contributed by atoms with van der Waals surface area (Å²) in [5.41, 5.74) is 6.55. The molecule has 0 unspecified atom stereocenters. The molecule has 2 aromatic rings. The molecule has 0 fully saturated rings. The Kier molecular flexibility index (Phi) is 5.14. The molecular formula is C20H24N3O5S+. The Morgan fingerprint density at radius 1 is 1.03 bits per heavy atom. The van der Waals surface area contributed by atoms with Gasteiger partial charge in [-0.3, -0.25) is 14.3 Å². The zero-order chi connectivity index (χ0) is 21.6. The molecule has 3 rings (SSSR count). The average molecular weight is 418 g/mol. The lowest BCUT2D eigenvalue weighted by molar-refractivity contribution is -0.870. The van der Waals surface area contributed by atoms with Crippen molar-refractivity contribution in [1.29, 1.82) is 0 Å².